The molecule has 0 aliphatic carbocycles. The normalized spacial score (nSPS) is 10.4. The van der Waals surface area contributed by atoms with Crippen molar-refractivity contribution >= 4 is 33.3 Å². The lowest BCUT2D eigenvalue weighted by atomic mass is 10.3. The molecule has 238 valence electrons. The van der Waals surface area contributed by atoms with E-state index in [0.29, 0.717) is 19.3 Å². The first kappa shape index (κ1) is 31.6. The highest BCUT2D eigenvalue weighted by atomic mass is 16.4. The number of aromatic nitrogens is 7. The summed E-state index contributed by atoms with van der Waals surface area (Å²) in [4.78, 5) is 24.3. The summed E-state index contributed by atoms with van der Waals surface area (Å²) in [6.07, 6.45) is 7.98. The number of nitrogens with one attached hydrogen (secondary N) is 1. The van der Waals surface area contributed by atoms with Crippen LogP contribution in [-0.4, -0.2) is 34.5 Å². The number of rotatable bonds is 4. The van der Waals surface area contributed by atoms with Gasteiger partial charge in [0.25, 0.3) is 0 Å². The van der Waals surface area contributed by atoms with E-state index in [1.165, 1.54) is 6.39 Å². The van der Waals surface area contributed by atoms with Crippen molar-refractivity contribution in [2.75, 3.05) is 0 Å². The average Bonchev–Trinajstić information content (AvgIpc) is 3.93. The van der Waals surface area contributed by atoms with Gasteiger partial charge >= 0.3 is 0 Å². The number of benzene rings is 3. The zero-order valence-electron chi connectivity index (χ0n) is 26.9. The Balaban J connectivity index is 0.000000134. The molecule has 1 N–H and O–H groups in total. The lowest BCUT2D eigenvalue weighted by molar-refractivity contribution is 0.531. The van der Waals surface area contributed by atoms with E-state index in [4.69, 9.17) is 13.3 Å². The van der Waals surface area contributed by atoms with E-state index in [1.807, 2.05) is 104 Å². The highest BCUT2D eigenvalue weighted by Crippen LogP contribution is 2.16. The third-order valence-electron chi connectivity index (χ3n) is 7.09. The standard InChI is InChI=1S/C16H15N3O.C15H13N3O.C7H5NO/c1-12-17-13(11-19(12)2)7-3-6-10-16-18-14-8-4-5-9-15(14)20-16;1-11-16-10-12(17-11)6-2-5-9-15-18-13-7-3-4-8-14(13)19-15;1-2-4-7-6(3-1)8-5-9-7/h4-5,8-9,11H,6,10H2,1-2H3;3-4,7-8,10H,5,9H2,1H3,(H,16,17);1-5H. The largest absolute Gasteiger partial charge is 0.443 e. The van der Waals surface area contributed by atoms with Crippen molar-refractivity contribution in [3.05, 3.63) is 126 Å². The van der Waals surface area contributed by atoms with Crippen molar-refractivity contribution < 1.29 is 13.3 Å². The molecule has 0 bridgehead atoms. The van der Waals surface area contributed by atoms with Crippen LogP contribution in [0.1, 0.15) is 47.7 Å². The fourth-order valence-corrected chi connectivity index (χ4v) is 4.61. The first-order valence-corrected chi connectivity index (χ1v) is 15.5. The highest BCUT2D eigenvalue weighted by molar-refractivity contribution is 5.73. The van der Waals surface area contributed by atoms with Gasteiger partial charge in [-0.3, -0.25) is 0 Å². The number of oxazole rings is 3. The van der Waals surface area contributed by atoms with Crippen LogP contribution >= 0.6 is 0 Å². The summed E-state index contributed by atoms with van der Waals surface area (Å²) < 4.78 is 18.2. The summed E-state index contributed by atoms with van der Waals surface area (Å²) in [6, 6.07) is 23.2. The molecule has 0 saturated carbocycles. The quantitative estimate of drug-likeness (QED) is 0.197. The molecule has 0 unspecified atom stereocenters. The number of H-pyrrole nitrogens is 1. The Morgan fingerprint density at radius 3 is 1.81 bits per heavy atom. The second-order valence-corrected chi connectivity index (χ2v) is 10.7. The molecule has 0 amide bonds. The van der Waals surface area contributed by atoms with Crippen LogP contribution in [0.5, 0.6) is 0 Å². The summed E-state index contributed by atoms with van der Waals surface area (Å²) in [7, 11) is 1.96. The molecule has 8 aromatic rings. The Morgan fingerprint density at radius 1 is 0.688 bits per heavy atom. The number of hydrogen-bond acceptors (Lipinski definition) is 8. The van der Waals surface area contributed by atoms with Crippen LogP contribution in [-0.2, 0) is 19.9 Å². The number of aromatic amines is 1. The zero-order valence-corrected chi connectivity index (χ0v) is 26.9. The van der Waals surface area contributed by atoms with Crippen LogP contribution in [0, 0.1) is 37.5 Å². The summed E-state index contributed by atoms with van der Waals surface area (Å²) in [5.41, 5.74) is 6.86. The van der Waals surface area contributed by atoms with E-state index in [-0.39, 0.29) is 0 Å². The minimum absolute atomic E-state index is 0.711. The monoisotopic (exact) mass is 635 g/mol. The van der Waals surface area contributed by atoms with Gasteiger partial charge in [0, 0.05) is 38.9 Å². The van der Waals surface area contributed by atoms with E-state index in [0.717, 1.165) is 74.5 Å². The molecule has 3 aromatic carbocycles. The Bertz CT molecular complexity index is 2270. The molecule has 0 fully saturated rings. The second-order valence-electron chi connectivity index (χ2n) is 10.7. The zero-order chi connectivity index (χ0) is 33.1. The third-order valence-corrected chi connectivity index (χ3v) is 7.09. The van der Waals surface area contributed by atoms with Gasteiger partial charge in [-0.2, -0.15) is 0 Å². The number of para-hydroxylation sites is 6. The van der Waals surface area contributed by atoms with Crippen LogP contribution in [0.4, 0.5) is 0 Å². The SMILES string of the molecule is Cc1nc(C#CCCc2nc3ccccc3o2)cn1C.Cc1ncc(C#CCCc2nc3ccccc3o2)[nH]1.c1ccc2ocnc2c1. The Hall–Kier alpha value is -6.39. The van der Waals surface area contributed by atoms with Gasteiger partial charge in [-0.1, -0.05) is 48.2 Å². The summed E-state index contributed by atoms with van der Waals surface area (Å²) >= 11 is 0. The predicted octanol–water partition coefficient (Wildman–Crippen LogP) is 7.53. The summed E-state index contributed by atoms with van der Waals surface area (Å²) in [5, 5.41) is 0. The molecule has 0 atom stereocenters. The molecule has 0 aliphatic heterocycles. The maximum absolute atomic E-state index is 5.64. The van der Waals surface area contributed by atoms with Gasteiger partial charge in [0.05, 0.1) is 6.20 Å². The van der Waals surface area contributed by atoms with Gasteiger partial charge in [-0.05, 0) is 62.1 Å². The van der Waals surface area contributed by atoms with Gasteiger partial charge in [0.1, 0.15) is 39.6 Å². The minimum atomic E-state index is 0.711. The topological polar surface area (TPSA) is 125 Å². The number of fused-ring (bicyclic) bond motifs is 3. The molecule has 8 rings (SSSR count). The summed E-state index contributed by atoms with van der Waals surface area (Å²) in [5.74, 6) is 15.6. The molecule has 0 aliphatic rings. The molecule has 5 aromatic heterocycles. The van der Waals surface area contributed by atoms with Crippen LogP contribution in [0.2, 0.25) is 0 Å². The molecular formula is C38H33N7O3. The minimum Gasteiger partial charge on any atom is -0.443 e. The number of aryl methyl sites for hydroxylation is 5. The van der Waals surface area contributed by atoms with E-state index in [2.05, 4.69) is 53.6 Å². The van der Waals surface area contributed by atoms with Crippen LogP contribution in [0.25, 0.3) is 33.3 Å². The maximum atomic E-state index is 5.64. The Kier molecular flexibility index (Phi) is 10.0. The molecule has 5 heterocycles. The second kappa shape index (κ2) is 15.3. The Morgan fingerprint density at radius 2 is 1.27 bits per heavy atom. The van der Waals surface area contributed by atoms with Crippen LogP contribution in [0.3, 0.4) is 0 Å². The van der Waals surface area contributed by atoms with Gasteiger partial charge in [0.2, 0.25) is 0 Å². The lowest BCUT2D eigenvalue weighted by Crippen LogP contribution is -1.86. The van der Waals surface area contributed by atoms with Gasteiger partial charge in [-0.15, -0.1) is 0 Å². The highest BCUT2D eigenvalue weighted by Gasteiger charge is 2.04. The van der Waals surface area contributed by atoms with Crippen molar-refractivity contribution in [3.63, 3.8) is 0 Å². The molecule has 48 heavy (non-hydrogen) atoms. The molecular weight excluding hydrogens is 602 g/mol. The third kappa shape index (κ3) is 8.45. The number of imidazole rings is 2. The van der Waals surface area contributed by atoms with Gasteiger partial charge in [0.15, 0.2) is 34.9 Å². The first-order valence-electron chi connectivity index (χ1n) is 15.5. The van der Waals surface area contributed by atoms with Gasteiger partial charge < -0.3 is 22.8 Å². The van der Waals surface area contributed by atoms with Crippen molar-refractivity contribution in [2.24, 2.45) is 7.05 Å². The number of hydrogen-bond donors (Lipinski definition) is 1. The molecule has 0 radical (unpaired) electrons. The van der Waals surface area contributed by atoms with Crippen molar-refractivity contribution in [1.82, 2.24) is 34.5 Å². The lowest BCUT2D eigenvalue weighted by Gasteiger charge is -1.87. The van der Waals surface area contributed by atoms with E-state index in [1.54, 1.807) is 6.20 Å². The van der Waals surface area contributed by atoms with Crippen molar-refractivity contribution in [1.29, 1.82) is 0 Å². The van der Waals surface area contributed by atoms with E-state index < -0.39 is 0 Å². The van der Waals surface area contributed by atoms with E-state index in [9.17, 15) is 0 Å². The fraction of sp³-hybridized carbons (Fsp3) is 0.184. The average molecular weight is 636 g/mol. The van der Waals surface area contributed by atoms with Crippen molar-refractivity contribution in [3.8, 4) is 23.7 Å². The maximum Gasteiger partial charge on any atom is 0.196 e. The van der Waals surface area contributed by atoms with Gasteiger partial charge in [-0.25, -0.2) is 24.9 Å². The molecule has 0 saturated heterocycles. The first-order chi connectivity index (χ1) is 23.5. The fourth-order valence-electron chi connectivity index (χ4n) is 4.61. The molecule has 10 heteroatoms. The predicted molar refractivity (Wildman–Crippen MR) is 184 cm³/mol. The Labute approximate surface area is 277 Å². The smallest absolute Gasteiger partial charge is 0.196 e. The summed E-state index contributed by atoms with van der Waals surface area (Å²) in [6.45, 7) is 3.87. The van der Waals surface area contributed by atoms with Crippen LogP contribution < -0.4 is 0 Å². The van der Waals surface area contributed by atoms with E-state index >= 15 is 0 Å². The van der Waals surface area contributed by atoms with Crippen LogP contribution in [0.15, 0.2) is 105 Å². The van der Waals surface area contributed by atoms with Crippen molar-refractivity contribution in [2.45, 2.75) is 39.5 Å². The molecule has 10 nitrogen and oxygen atoms in total. The number of nitrogens with zero attached hydrogens (tertiary/aromatic N) is 6. The molecule has 0 spiro atoms.